The third-order valence-corrected chi connectivity index (χ3v) is 5.43. The molecule has 2 heterocycles. The van der Waals surface area contributed by atoms with Crippen molar-refractivity contribution in [2.75, 3.05) is 11.9 Å². The summed E-state index contributed by atoms with van der Waals surface area (Å²) in [4.78, 5) is 34.3. The summed E-state index contributed by atoms with van der Waals surface area (Å²) in [5, 5.41) is 2.94. The molecule has 150 valence electrons. The number of hydrogen-bond donors (Lipinski definition) is 2. The number of H-pyrrole nitrogens is 1. The van der Waals surface area contributed by atoms with E-state index in [9.17, 15) is 9.59 Å². The van der Waals surface area contributed by atoms with Gasteiger partial charge < -0.3 is 15.2 Å². The minimum absolute atomic E-state index is 0.0523. The average molecular weight is 390 g/mol. The molecule has 29 heavy (non-hydrogen) atoms. The standard InChI is InChI=1S/C23H26N4O2/c1-14(2)27-13-17(12-22(27)28)23(29)24-18-7-5-16(6-8-18)11-21-25-19-9-4-15(3)10-20(19)26-21/h4-10,14,17H,11-13H2,1-3H3,(H,24,29)(H,25,26). The molecule has 2 amide bonds. The number of carbonyl (C=O) groups is 2. The molecule has 6 heteroatoms. The van der Waals surface area contributed by atoms with Crippen LogP contribution in [-0.4, -0.2) is 39.3 Å². The van der Waals surface area contributed by atoms with E-state index >= 15 is 0 Å². The average Bonchev–Trinajstić information content (AvgIpc) is 3.26. The molecule has 1 saturated heterocycles. The van der Waals surface area contributed by atoms with Crippen LogP contribution >= 0.6 is 0 Å². The summed E-state index contributed by atoms with van der Waals surface area (Å²) in [5.41, 5.74) is 5.07. The summed E-state index contributed by atoms with van der Waals surface area (Å²) >= 11 is 0. The summed E-state index contributed by atoms with van der Waals surface area (Å²) < 4.78 is 0. The normalized spacial score (nSPS) is 16.8. The Bertz CT molecular complexity index is 1050. The van der Waals surface area contributed by atoms with Crippen molar-refractivity contribution in [3.63, 3.8) is 0 Å². The van der Waals surface area contributed by atoms with Crippen LogP contribution in [0.1, 0.15) is 37.2 Å². The van der Waals surface area contributed by atoms with Crippen LogP contribution in [0.5, 0.6) is 0 Å². The van der Waals surface area contributed by atoms with Crippen molar-refractivity contribution >= 4 is 28.5 Å². The van der Waals surface area contributed by atoms with Crippen molar-refractivity contribution < 1.29 is 9.59 Å². The zero-order valence-electron chi connectivity index (χ0n) is 17.0. The van der Waals surface area contributed by atoms with Crippen LogP contribution in [0.25, 0.3) is 11.0 Å². The van der Waals surface area contributed by atoms with Crippen molar-refractivity contribution in [1.29, 1.82) is 0 Å². The maximum Gasteiger partial charge on any atom is 0.229 e. The number of anilines is 1. The Labute approximate surface area is 170 Å². The van der Waals surface area contributed by atoms with Gasteiger partial charge in [-0.1, -0.05) is 18.2 Å². The Morgan fingerprint density at radius 2 is 2.00 bits per heavy atom. The highest BCUT2D eigenvalue weighted by atomic mass is 16.2. The summed E-state index contributed by atoms with van der Waals surface area (Å²) in [7, 11) is 0. The largest absolute Gasteiger partial charge is 0.342 e. The lowest BCUT2D eigenvalue weighted by molar-refractivity contribution is -0.129. The fourth-order valence-electron chi connectivity index (χ4n) is 3.81. The first-order valence-corrected chi connectivity index (χ1v) is 10.0. The smallest absolute Gasteiger partial charge is 0.229 e. The van der Waals surface area contributed by atoms with Gasteiger partial charge in [0.05, 0.1) is 17.0 Å². The van der Waals surface area contributed by atoms with Gasteiger partial charge in [0.25, 0.3) is 0 Å². The lowest BCUT2D eigenvalue weighted by Gasteiger charge is -2.20. The van der Waals surface area contributed by atoms with Crippen LogP contribution in [0, 0.1) is 12.8 Å². The summed E-state index contributed by atoms with van der Waals surface area (Å²) in [6.45, 7) is 6.50. The molecule has 1 atom stereocenters. The maximum absolute atomic E-state index is 12.5. The molecular formula is C23H26N4O2. The van der Waals surface area contributed by atoms with Gasteiger partial charge in [0.2, 0.25) is 11.8 Å². The van der Waals surface area contributed by atoms with Crippen molar-refractivity contribution in [3.05, 3.63) is 59.4 Å². The molecule has 1 unspecified atom stereocenters. The molecule has 2 aromatic carbocycles. The summed E-state index contributed by atoms with van der Waals surface area (Å²) in [6.07, 6.45) is 0.982. The van der Waals surface area contributed by atoms with Gasteiger partial charge in [-0.2, -0.15) is 0 Å². The second-order valence-electron chi connectivity index (χ2n) is 8.11. The topological polar surface area (TPSA) is 78.1 Å². The second-order valence-corrected chi connectivity index (χ2v) is 8.11. The molecule has 4 rings (SSSR count). The highest BCUT2D eigenvalue weighted by Gasteiger charge is 2.35. The first-order valence-electron chi connectivity index (χ1n) is 10.0. The molecule has 1 aromatic heterocycles. The van der Waals surface area contributed by atoms with Crippen molar-refractivity contribution in [3.8, 4) is 0 Å². The number of amides is 2. The summed E-state index contributed by atoms with van der Waals surface area (Å²) in [6, 6.07) is 14.1. The number of benzene rings is 2. The monoisotopic (exact) mass is 390 g/mol. The van der Waals surface area contributed by atoms with E-state index in [0.717, 1.165) is 28.1 Å². The number of aryl methyl sites for hydroxylation is 1. The number of rotatable bonds is 5. The van der Waals surface area contributed by atoms with Crippen LogP contribution in [0.2, 0.25) is 0 Å². The Kier molecular flexibility index (Phi) is 5.09. The van der Waals surface area contributed by atoms with Crippen molar-refractivity contribution in [2.24, 2.45) is 5.92 Å². The minimum Gasteiger partial charge on any atom is -0.342 e. The fraction of sp³-hybridized carbons (Fsp3) is 0.348. The number of imidazole rings is 1. The van der Waals surface area contributed by atoms with E-state index in [1.54, 1.807) is 4.90 Å². The third-order valence-electron chi connectivity index (χ3n) is 5.43. The molecule has 0 bridgehead atoms. The van der Waals surface area contributed by atoms with Gasteiger partial charge in [-0.05, 0) is 56.2 Å². The summed E-state index contributed by atoms with van der Waals surface area (Å²) in [5.74, 6) is 0.586. The van der Waals surface area contributed by atoms with Gasteiger partial charge in [-0.3, -0.25) is 9.59 Å². The molecule has 1 aliphatic heterocycles. The highest BCUT2D eigenvalue weighted by molar-refractivity contribution is 5.97. The Hall–Kier alpha value is -3.15. The molecule has 0 aliphatic carbocycles. The number of nitrogens with one attached hydrogen (secondary N) is 2. The van der Waals surface area contributed by atoms with E-state index in [-0.39, 0.29) is 30.2 Å². The van der Waals surface area contributed by atoms with Crippen molar-refractivity contribution in [1.82, 2.24) is 14.9 Å². The second kappa shape index (κ2) is 7.70. The molecule has 3 aromatic rings. The third kappa shape index (κ3) is 4.16. The van der Waals surface area contributed by atoms with Crippen LogP contribution in [0.15, 0.2) is 42.5 Å². The molecule has 0 saturated carbocycles. The maximum atomic E-state index is 12.5. The molecule has 2 N–H and O–H groups in total. The number of fused-ring (bicyclic) bond motifs is 1. The molecule has 0 radical (unpaired) electrons. The zero-order valence-corrected chi connectivity index (χ0v) is 17.0. The minimum atomic E-state index is -0.288. The quantitative estimate of drug-likeness (QED) is 0.698. The predicted molar refractivity (Wildman–Crippen MR) is 114 cm³/mol. The number of hydrogen-bond acceptors (Lipinski definition) is 3. The van der Waals surface area contributed by atoms with Crippen LogP contribution in [0.4, 0.5) is 5.69 Å². The van der Waals surface area contributed by atoms with E-state index in [0.29, 0.717) is 13.0 Å². The molecule has 1 aliphatic rings. The first-order chi connectivity index (χ1) is 13.9. The SMILES string of the molecule is Cc1ccc2nc(Cc3ccc(NC(=O)C4CC(=O)N(C(C)C)C4)cc3)[nH]c2c1. The van der Waals surface area contributed by atoms with E-state index < -0.39 is 0 Å². The Morgan fingerprint density at radius 1 is 1.24 bits per heavy atom. The van der Waals surface area contributed by atoms with E-state index in [4.69, 9.17) is 0 Å². The van der Waals surface area contributed by atoms with Gasteiger partial charge in [0.15, 0.2) is 0 Å². The van der Waals surface area contributed by atoms with Crippen LogP contribution in [-0.2, 0) is 16.0 Å². The predicted octanol–water partition coefficient (Wildman–Crippen LogP) is 3.66. The number of aromatic amines is 1. The Balaban J connectivity index is 1.38. The van der Waals surface area contributed by atoms with Crippen LogP contribution < -0.4 is 5.32 Å². The van der Waals surface area contributed by atoms with Gasteiger partial charge in [0.1, 0.15) is 5.82 Å². The zero-order chi connectivity index (χ0) is 20.5. The van der Waals surface area contributed by atoms with E-state index in [1.807, 2.05) is 44.2 Å². The number of nitrogens with zero attached hydrogens (tertiary/aromatic N) is 2. The van der Waals surface area contributed by atoms with Gasteiger partial charge in [-0.25, -0.2) is 4.98 Å². The molecule has 1 fully saturated rings. The van der Waals surface area contributed by atoms with E-state index in [2.05, 4.69) is 34.3 Å². The van der Waals surface area contributed by atoms with E-state index in [1.165, 1.54) is 5.56 Å². The Morgan fingerprint density at radius 3 is 2.69 bits per heavy atom. The molecule has 0 spiro atoms. The number of aromatic nitrogens is 2. The molecular weight excluding hydrogens is 364 g/mol. The lowest BCUT2D eigenvalue weighted by Crippen LogP contribution is -2.33. The highest BCUT2D eigenvalue weighted by Crippen LogP contribution is 2.22. The first kappa shape index (κ1) is 19.2. The van der Waals surface area contributed by atoms with Crippen molar-refractivity contribution in [2.45, 2.75) is 39.7 Å². The van der Waals surface area contributed by atoms with Gasteiger partial charge >= 0.3 is 0 Å². The number of likely N-dealkylation sites (tertiary alicyclic amines) is 1. The van der Waals surface area contributed by atoms with Crippen LogP contribution in [0.3, 0.4) is 0 Å². The fourth-order valence-corrected chi connectivity index (χ4v) is 3.81. The van der Waals surface area contributed by atoms with Gasteiger partial charge in [-0.15, -0.1) is 0 Å². The molecule has 6 nitrogen and oxygen atoms in total. The van der Waals surface area contributed by atoms with Gasteiger partial charge in [0, 0.05) is 31.1 Å². The lowest BCUT2D eigenvalue weighted by atomic mass is 10.1. The number of carbonyl (C=O) groups excluding carboxylic acids is 2.